The fourth-order valence-corrected chi connectivity index (χ4v) is 1.42. The average molecular weight is 298 g/mol. The van der Waals surface area contributed by atoms with Crippen molar-refractivity contribution < 1.29 is 47.9 Å². The van der Waals surface area contributed by atoms with E-state index in [4.69, 9.17) is 0 Å². The van der Waals surface area contributed by atoms with Gasteiger partial charge in [-0.05, 0) is 0 Å². The summed E-state index contributed by atoms with van der Waals surface area (Å²) < 4.78 is 119. The molecule has 0 heterocycles. The average Bonchev–Trinajstić information content (AvgIpc) is 1.93. The van der Waals surface area contributed by atoms with E-state index in [-0.39, 0.29) is 0 Å². The van der Waals surface area contributed by atoms with E-state index in [1.165, 1.54) is 0 Å². The van der Waals surface area contributed by atoms with Crippen LogP contribution in [0, 0.1) is 0 Å². The summed E-state index contributed by atoms with van der Waals surface area (Å²) in [5.74, 6) is 0. The van der Waals surface area contributed by atoms with Crippen molar-refractivity contribution in [3.8, 4) is 0 Å². The lowest BCUT2D eigenvalue weighted by atomic mass is 10.4. The second kappa shape index (κ2) is 5.00. The monoisotopic (exact) mass is 298 g/mol. The highest BCUT2D eigenvalue weighted by Gasteiger charge is 2.61. The predicted octanol–water partition coefficient (Wildman–Crippen LogP) is 2.72. The molecule has 0 aromatic rings. The third-order valence-electron chi connectivity index (χ3n) is 1.13. The molecule has 0 amide bonds. The number of alkyl halides is 9. The molecule has 0 aliphatic heterocycles. The van der Waals surface area contributed by atoms with Crippen LogP contribution < -0.4 is 0 Å². The van der Waals surface area contributed by atoms with Crippen molar-refractivity contribution in [3.63, 3.8) is 0 Å². The lowest BCUT2D eigenvalue weighted by molar-refractivity contribution is -0.227. The Kier molecular flexibility index (Phi) is 4.85. The molecule has 0 aromatic heterocycles. The molecule has 0 aliphatic rings. The van der Waals surface area contributed by atoms with Crippen LogP contribution in [-0.4, -0.2) is 34.6 Å². The van der Waals surface area contributed by atoms with E-state index in [1.807, 2.05) is 0 Å². The van der Waals surface area contributed by atoms with Crippen LogP contribution >= 0.6 is 0 Å². The van der Waals surface area contributed by atoms with Gasteiger partial charge in [0.05, 0.1) is 0 Å². The van der Waals surface area contributed by atoms with Gasteiger partial charge in [-0.2, -0.15) is 39.5 Å². The van der Waals surface area contributed by atoms with Gasteiger partial charge in [0.15, 0.2) is 17.7 Å². The van der Waals surface area contributed by atoms with Gasteiger partial charge in [-0.15, -0.1) is 0 Å². The molecule has 0 fully saturated rings. The minimum absolute atomic E-state index is 2.47. The van der Waals surface area contributed by atoms with Crippen molar-refractivity contribution in [3.05, 3.63) is 0 Å². The normalized spacial score (nSPS) is 16.4. The van der Waals surface area contributed by atoms with Gasteiger partial charge in [0.2, 0.25) is 0 Å². The first-order valence-electron chi connectivity index (χ1n) is 3.49. The van der Waals surface area contributed by atoms with E-state index in [0.717, 1.165) is 0 Å². The third-order valence-corrected chi connectivity index (χ3v) is 2.40. The van der Waals surface area contributed by atoms with Gasteiger partial charge < -0.3 is 0 Å². The maximum absolute atomic E-state index is 11.8. The van der Waals surface area contributed by atoms with Crippen molar-refractivity contribution >= 4 is 11.1 Å². The van der Waals surface area contributed by atoms with E-state index in [1.54, 1.807) is 0 Å². The number of halogens is 9. The molecular formula is C5H3F9O2S. The zero-order valence-electron chi connectivity index (χ0n) is 7.41. The Morgan fingerprint density at radius 2 is 1.24 bits per heavy atom. The van der Waals surface area contributed by atoms with Crippen LogP contribution in [0.5, 0.6) is 0 Å². The molecule has 17 heavy (non-hydrogen) atoms. The minimum atomic E-state index is -6.02. The smallest absolute Gasteiger partial charge is 0.280 e. The van der Waals surface area contributed by atoms with Crippen LogP contribution in [0.4, 0.5) is 39.5 Å². The molecule has 0 aromatic carbocycles. The Labute approximate surface area is 90.4 Å². The Bertz CT molecular complexity index is 263. The summed E-state index contributed by atoms with van der Waals surface area (Å²) >= 11 is -4.21. The van der Waals surface area contributed by atoms with Gasteiger partial charge in [-0.1, -0.05) is 0 Å². The van der Waals surface area contributed by atoms with Crippen LogP contribution in [0.2, 0.25) is 0 Å². The third kappa shape index (κ3) is 6.10. The van der Waals surface area contributed by atoms with Gasteiger partial charge in [0.1, 0.15) is 0 Å². The summed E-state index contributed by atoms with van der Waals surface area (Å²) in [5, 5.41) is -4.47. The molecule has 0 bridgehead atoms. The summed E-state index contributed by atoms with van der Waals surface area (Å²) in [6.45, 7) is -2.47. The highest BCUT2D eigenvalue weighted by atomic mass is 32.2. The lowest BCUT2D eigenvalue weighted by Crippen LogP contribution is -2.46. The molecule has 1 atom stereocenters. The molecule has 12 heteroatoms. The molecule has 2 nitrogen and oxygen atoms in total. The summed E-state index contributed by atoms with van der Waals surface area (Å²) in [7, 11) is 0. The first-order chi connectivity index (χ1) is 7.25. The zero-order chi connectivity index (χ0) is 14.1. The number of hydrogen-bond donors (Lipinski definition) is 0. The van der Waals surface area contributed by atoms with Gasteiger partial charge >= 0.3 is 18.5 Å². The Hall–Kier alpha value is -0.520. The standard InChI is InChI=1S/C5H3F9O2S/c6-3(7,8)1-16-17(15)2(4(9,10)11)5(12,13)14/h2H,1H2. The summed E-state index contributed by atoms with van der Waals surface area (Å²) in [6, 6.07) is 0. The first kappa shape index (κ1) is 16.5. The van der Waals surface area contributed by atoms with E-state index >= 15 is 0 Å². The quantitative estimate of drug-likeness (QED) is 0.749. The molecule has 0 rings (SSSR count). The van der Waals surface area contributed by atoms with Crippen molar-refractivity contribution in [2.75, 3.05) is 6.61 Å². The van der Waals surface area contributed by atoms with Crippen molar-refractivity contribution in [1.82, 2.24) is 0 Å². The molecule has 0 radical (unpaired) electrons. The van der Waals surface area contributed by atoms with Crippen LogP contribution in [-0.2, 0) is 15.3 Å². The number of hydrogen-bond acceptors (Lipinski definition) is 2. The van der Waals surface area contributed by atoms with Gasteiger partial charge in [0, 0.05) is 0 Å². The number of rotatable bonds is 3. The highest BCUT2D eigenvalue weighted by Crippen LogP contribution is 2.37. The maximum Gasteiger partial charge on any atom is 0.414 e. The molecule has 0 aliphatic carbocycles. The van der Waals surface area contributed by atoms with E-state index < -0.39 is 41.5 Å². The SMILES string of the molecule is O=S(OCC(F)(F)F)C(C(F)(F)F)C(F)(F)F. The molecule has 104 valence electrons. The van der Waals surface area contributed by atoms with Crippen molar-refractivity contribution in [2.24, 2.45) is 0 Å². The summed E-state index contributed by atoms with van der Waals surface area (Å²) in [4.78, 5) is 0. The summed E-state index contributed by atoms with van der Waals surface area (Å²) in [6.07, 6.45) is -17.2. The highest BCUT2D eigenvalue weighted by molar-refractivity contribution is 7.81. The largest absolute Gasteiger partial charge is 0.414 e. The Morgan fingerprint density at radius 1 is 0.882 bits per heavy atom. The molecule has 0 spiro atoms. The molecule has 0 N–H and O–H groups in total. The molecule has 0 saturated carbocycles. The van der Waals surface area contributed by atoms with Gasteiger partial charge in [-0.3, -0.25) is 4.18 Å². The van der Waals surface area contributed by atoms with E-state index in [0.29, 0.717) is 0 Å². The van der Waals surface area contributed by atoms with Gasteiger partial charge in [-0.25, -0.2) is 4.21 Å². The van der Waals surface area contributed by atoms with Crippen LogP contribution in [0.25, 0.3) is 0 Å². The Morgan fingerprint density at radius 3 is 1.47 bits per heavy atom. The molecule has 0 saturated heterocycles. The van der Waals surface area contributed by atoms with Crippen molar-refractivity contribution in [1.29, 1.82) is 0 Å². The van der Waals surface area contributed by atoms with Crippen molar-refractivity contribution in [2.45, 2.75) is 23.8 Å². The molecular weight excluding hydrogens is 295 g/mol. The second-order valence-corrected chi connectivity index (χ2v) is 3.83. The van der Waals surface area contributed by atoms with Crippen LogP contribution in [0.1, 0.15) is 0 Å². The van der Waals surface area contributed by atoms with Crippen LogP contribution in [0.15, 0.2) is 0 Å². The van der Waals surface area contributed by atoms with E-state index in [2.05, 4.69) is 4.18 Å². The second-order valence-electron chi connectivity index (χ2n) is 2.60. The topological polar surface area (TPSA) is 26.3 Å². The Balaban J connectivity index is 4.81. The lowest BCUT2D eigenvalue weighted by Gasteiger charge is -2.21. The fraction of sp³-hybridized carbons (Fsp3) is 1.00. The fourth-order valence-electron chi connectivity index (χ4n) is 0.597. The summed E-state index contributed by atoms with van der Waals surface area (Å²) in [5.41, 5.74) is 0. The predicted molar refractivity (Wildman–Crippen MR) is 36.0 cm³/mol. The molecule has 1 unspecified atom stereocenters. The zero-order valence-corrected chi connectivity index (χ0v) is 8.23. The van der Waals surface area contributed by atoms with Gasteiger partial charge in [0.25, 0.3) is 5.25 Å². The first-order valence-corrected chi connectivity index (χ1v) is 4.63. The van der Waals surface area contributed by atoms with Crippen LogP contribution in [0.3, 0.4) is 0 Å². The van der Waals surface area contributed by atoms with E-state index in [9.17, 15) is 43.7 Å². The minimum Gasteiger partial charge on any atom is -0.280 e. The maximum atomic E-state index is 11.8.